The van der Waals surface area contributed by atoms with Crippen molar-refractivity contribution in [3.63, 3.8) is 0 Å². The highest BCUT2D eigenvalue weighted by molar-refractivity contribution is 6.31. The Morgan fingerprint density at radius 1 is 0.857 bits per heavy atom. The van der Waals surface area contributed by atoms with E-state index in [0.717, 1.165) is 11.8 Å². The van der Waals surface area contributed by atoms with E-state index in [0.29, 0.717) is 29.4 Å². The number of anilines is 3. The molecule has 0 radical (unpaired) electrons. The highest BCUT2D eigenvalue weighted by Crippen LogP contribution is 2.19. The quantitative estimate of drug-likeness (QED) is 0.300. The van der Waals surface area contributed by atoms with Gasteiger partial charge in [-0.25, -0.2) is 0 Å². The number of carbonyl (C=O) groups excluding carboxylic acids is 3. The molecule has 35 heavy (non-hydrogen) atoms. The van der Waals surface area contributed by atoms with Gasteiger partial charge in [-0.3, -0.25) is 14.4 Å². The minimum atomic E-state index is -0.539. The highest BCUT2D eigenvalue weighted by atomic mass is 16.6. The Bertz CT molecular complexity index is 1190. The molecule has 0 saturated carbocycles. The van der Waals surface area contributed by atoms with E-state index >= 15 is 0 Å². The van der Waals surface area contributed by atoms with Crippen molar-refractivity contribution in [1.29, 1.82) is 0 Å². The van der Waals surface area contributed by atoms with Gasteiger partial charge in [0.05, 0.1) is 17.9 Å². The van der Waals surface area contributed by atoms with Gasteiger partial charge in [-0.05, 0) is 62.4 Å². The molecule has 0 aliphatic heterocycles. The minimum Gasteiger partial charge on any atom is -0.494 e. The van der Waals surface area contributed by atoms with E-state index in [1.54, 1.807) is 60.7 Å². The summed E-state index contributed by atoms with van der Waals surface area (Å²) in [5.74, 6) is -0.724. The molecule has 0 aliphatic rings. The smallest absolute Gasteiger partial charge is 0.270 e. The third-order valence-corrected chi connectivity index (χ3v) is 4.63. The number of oxime groups is 1. The predicted octanol–water partition coefficient (Wildman–Crippen LogP) is 4.23. The number of hydrogen-bond acceptors (Lipinski definition) is 6. The van der Waals surface area contributed by atoms with Gasteiger partial charge in [0.2, 0.25) is 0 Å². The van der Waals surface area contributed by atoms with Crippen molar-refractivity contribution in [3.8, 4) is 5.75 Å². The maximum absolute atomic E-state index is 12.7. The van der Waals surface area contributed by atoms with Crippen molar-refractivity contribution in [2.45, 2.75) is 13.8 Å². The van der Waals surface area contributed by atoms with E-state index < -0.39 is 24.3 Å². The SMILES string of the molecule is CCOc1ccc(NC(=O)c2ccccc2NC(=O)CON=CC(=O)Nc2ccc(C)cc2)cc1. The van der Waals surface area contributed by atoms with Crippen LogP contribution in [0.15, 0.2) is 78.0 Å². The first kappa shape index (κ1) is 25.0. The molecule has 0 saturated heterocycles. The standard InChI is InChI=1S/C26H26N4O5/c1-3-34-21-14-12-20(13-15-21)29-26(33)22-6-4-5-7-23(22)30-25(32)17-35-27-16-24(31)28-19-10-8-18(2)9-11-19/h4-16H,3,17H2,1-2H3,(H,28,31)(H,29,33)(H,30,32). The molecule has 0 unspecified atom stereocenters. The first-order valence-corrected chi connectivity index (χ1v) is 10.9. The van der Waals surface area contributed by atoms with Crippen LogP contribution in [0.1, 0.15) is 22.8 Å². The van der Waals surface area contributed by atoms with E-state index in [-0.39, 0.29) is 5.56 Å². The van der Waals surface area contributed by atoms with Crippen LogP contribution in [0.3, 0.4) is 0 Å². The molecular formula is C26H26N4O5. The molecule has 0 aliphatic carbocycles. The number of amides is 3. The fourth-order valence-corrected chi connectivity index (χ4v) is 2.97. The van der Waals surface area contributed by atoms with Gasteiger partial charge < -0.3 is 25.5 Å². The van der Waals surface area contributed by atoms with Crippen molar-refractivity contribution in [3.05, 3.63) is 83.9 Å². The Morgan fingerprint density at radius 2 is 1.51 bits per heavy atom. The molecule has 3 N–H and O–H groups in total. The van der Waals surface area contributed by atoms with Crippen LogP contribution in [-0.2, 0) is 14.4 Å². The molecule has 9 heteroatoms. The summed E-state index contributed by atoms with van der Waals surface area (Å²) in [5.41, 5.74) is 2.86. The number of nitrogens with one attached hydrogen (secondary N) is 3. The monoisotopic (exact) mass is 474 g/mol. The summed E-state index contributed by atoms with van der Waals surface area (Å²) in [4.78, 5) is 41.8. The second kappa shape index (κ2) is 12.5. The van der Waals surface area contributed by atoms with Gasteiger partial charge in [0.15, 0.2) is 6.61 Å². The highest BCUT2D eigenvalue weighted by Gasteiger charge is 2.14. The van der Waals surface area contributed by atoms with Gasteiger partial charge in [-0.2, -0.15) is 0 Å². The molecule has 0 atom stereocenters. The lowest BCUT2D eigenvalue weighted by Crippen LogP contribution is -2.21. The van der Waals surface area contributed by atoms with Gasteiger partial charge in [0, 0.05) is 11.4 Å². The molecule has 3 amide bonds. The van der Waals surface area contributed by atoms with E-state index in [1.807, 2.05) is 26.0 Å². The average molecular weight is 475 g/mol. The first-order chi connectivity index (χ1) is 16.9. The molecule has 3 rings (SSSR count). The van der Waals surface area contributed by atoms with Crippen molar-refractivity contribution >= 4 is 41.0 Å². The summed E-state index contributed by atoms with van der Waals surface area (Å²) in [6, 6.07) is 20.8. The summed E-state index contributed by atoms with van der Waals surface area (Å²) < 4.78 is 5.39. The third kappa shape index (κ3) is 8.01. The van der Waals surface area contributed by atoms with Gasteiger partial charge in [-0.1, -0.05) is 35.0 Å². The lowest BCUT2D eigenvalue weighted by molar-refractivity contribution is -0.120. The maximum atomic E-state index is 12.7. The predicted molar refractivity (Wildman–Crippen MR) is 135 cm³/mol. The van der Waals surface area contributed by atoms with Crippen molar-refractivity contribution in [2.24, 2.45) is 5.16 Å². The number of ether oxygens (including phenoxy) is 1. The molecule has 0 heterocycles. The zero-order valence-electron chi connectivity index (χ0n) is 19.4. The normalized spacial score (nSPS) is 10.5. The van der Waals surface area contributed by atoms with Crippen LogP contribution >= 0.6 is 0 Å². The van der Waals surface area contributed by atoms with Crippen LogP contribution in [0.4, 0.5) is 17.1 Å². The Labute approximate surface area is 203 Å². The Hall–Kier alpha value is -4.66. The van der Waals surface area contributed by atoms with E-state index in [2.05, 4.69) is 21.1 Å². The third-order valence-electron chi connectivity index (χ3n) is 4.63. The van der Waals surface area contributed by atoms with E-state index in [4.69, 9.17) is 9.57 Å². The van der Waals surface area contributed by atoms with Gasteiger partial charge in [0.25, 0.3) is 17.7 Å². The van der Waals surface area contributed by atoms with Crippen LogP contribution in [0, 0.1) is 6.92 Å². The zero-order chi connectivity index (χ0) is 25.0. The second-order valence-corrected chi connectivity index (χ2v) is 7.37. The number of para-hydroxylation sites is 1. The van der Waals surface area contributed by atoms with Crippen LogP contribution in [0.5, 0.6) is 5.75 Å². The summed E-state index contributed by atoms with van der Waals surface area (Å²) in [6.07, 6.45) is 0.936. The summed E-state index contributed by atoms with van der Waals surface area (Å²) in [7, 11) is 0. The molecule has 0 spiro atoms. The number of aryl methyl sites for hydroxylation is 1. The summed E-state index contributed by atoms with van der Waals surface area (Å²) >= 11 is 0. The van der Waals surface area contributed by atoms with Gasteiger partial charge in [0.1, 0.15) is 12.0 Å². The van der Waals surface area contributed by atoms with Crippen LogP contribution in [0.25, 0.3) is 0 Å². The second-order valence-electron chi connectivity index (χ2n) is 7.37. The van der Waals surface area contributed by atoms with Crippen molar-refractivity contribution in [2.75, 3.05) is 29.2 Å². The molecule has 0 aromatic heterocycles. The van der Waals surface area contributed by atoms with Crippen molar-refractivity contribution < 1.29 is 24.0 Å². The topological polar surface area (TPSA) is 118 Å². The van der Waals surface area contributed by atoms with E-state index in [9.17, 15) is 14.4 Å². The van der Waals surface area contributed by atoms with Crippen LogP contribution in [-0.4, -0.2) is 37.1 Å². The number of carbonyl (C=O) groups is 3. The molecule has 3 aromatic carbocycles. The molecule has 180 valence electrons. The Balaban J connectivity index is 1.50. The zero-order valence-corrected chi connectivity index (χ0v) is 19.4. The first-order valence-electron chi connectivity index (χ1n) is 10.9. The van der Waals surface area contributed by atoms with Gasteiger partial charge >= 0.3 is 0 Å². The molecule has 9 nitrogen and oxygen atoms in total. The number of nitrogens with zero attached hydrogens (tertiary/aromatic N) is 1. The van der Waals surface area contributed by atoms with Gasteiger partial charge in [-0.15, -0.1) is 0 Å². The lowest BCUT2D eigenvalue weighted by atomic mass is 10.1. The molecule has 3 aromatic rings. The minimum absolute atomic E-state index is 0.274. The molecule has 0 fully saturated rings. The fraction of sp³-hybridized carbons (Fsp3) is 0.154. The van der Waals surface area contributed by atoms with Crippen LogP contribution in [0.2, 0.25) is 0 Å². The average Bonchev–Trinajstić information content (AvgIpc) is 2.85. The van der Waals surface area contributed by atoms with Crippen LogP contribution < -0.4 is 20.7 Å². The number of rotatable bonds is 10. The largest absolute Gasteiger partial charge is 0.494 e. The summed E-state index contributed by atoms with van der Waals surface area (Å²) in [6.45, 7) is 3.94. The lowest BCUT2D eigenvalue weighted by Gasteiger charge is -2.11. The fourth-order valence-electron chi connectivity index (χ4n) is 2.97. The Kier molecular flexibility index (Phi) is 8.95. The number of hydrogen-bond donors (Lipinski definition) is 3. The molecule has 0 bridgehead atoms. The Morgan fingerprint density at radius 3 is 2.23 bits per heavy atom. The van der Waals surface area contributed by atoms with E-state index in [1.165, 1.54) is 0 Å². The summed E-state index contributed by atoms with van der Waals surface area (Å²) in [5, 5.41) is 11.5. The number of benzene rings is 3. The maximum Gasteiger partial charge on any atom is 0.270 e. The molecular weight excluding hydrogens is 448 g/mol. The van der Waals surface area contributed by atoms with Crippen molar-refractivity contribution in [1.82, 2.24) is 0 Å².